The number of carbonyl (C=O) groups excluding carboxylic acids is 1. The monoisotopic (exact) mass is 420 g/mol. The fourth-order valence-corrected chi connectivity index (χ4v) is 5.62. The van der Waals surface area contributed by atoms with Gasteiger partial charge in [0.05, 0.1) is 30.2 Å². The summed E-state index contributed by atoms with van der Waals surface area (Å²) < 4.78 is 0. The van der Waals surface area contributed by atoms with Gasteiger partial charge in [-0.15, -0.1) is 0 Å². The Morgan fingerprint density at radius 1 is 0.968 bits per heavy atom. The number of hydrogen-bond donors (Lipinski definition) is 1. The van der Waals surface area contributed by atoms with Crippen molar-refractivity contribution in [1.82, 2.24) is 20.2 Å². The second-order valence-corrected chi connectivity index (χ2v) is 9.52. The van der Waals surface area contributed by atoms with Gasteiger partial charge >= 0.3 is 6.03 Å². The quantitative estimate of drug-likeness (QED) is 0.822. The zero-order valence-electron chi connectivity index (χ0n) is 18.5. The number of anilines is 2. The molecule has 1 saturated carbocycles. The first-order valence-electron chi connectivity index (χ1n) is 11.4. The van der Waals surface area contributed by atoms with Gasteiger partial charge in [-0.1, -0.05) is 30.3 Å². The van der Waals surface area contributed by atoms with Gasteiger partial charge in [-0.2, -0.15) is 0 Å². The van der Waals surface area contributed by atoms with Gasteiger partial charge in [-0.3, -0.25) is 9.80 Å². The third-order valence-electron chi connectivity index (χ3n) is 7.60. The van der Waals surface area contributed by atoms with Crippen molar-refractivity contribution in [3.8, 4) is 0 Å². The van der Waals surface area contributed by atoms with Crippen LogP contribution < -0.4 is 15.1 Å². The lowest BCUT2D eigenvalue weighted by molar-refractivity contribution is 0.0658. The summed E-state index contributed by atoms with van der Waals surface area (Å²) in [5.74, 6) is 0.770. The van der Waals surface area contributed by atoms with E-state index in [9.17, 15) is 4.79 Å². The third kappa shape index (κ3) is 3.55. The first-order chi connectivity index (χ1) is 15.0. The molecule has 5 rings (SSSR count). The molecule has 0 atom stereocenters. The number of rotatable bonds is 4. The van der Waals surface area contributed by atoms with Gasteiger partial charge in [0.2, 0.25) is 5.95 Å². The van der Waals surface area contributed by atoms with Crippen molar-refractivity contribution < 1.29 is 4.79 Å². The molecule has 7 nitrogen and oxygen atoms in total. The molecular weight excluding hydrogens is 388 g/mol. The van der Waals surface area contributed by atoms with E-state index in [1.807, 2.05) is 4.90 Å². The number of hydrogen-bond acceptors (Lipinski definition) is 5. The molecule has 1 aromatic carbocycles. The van der Waals surface area contributed by atoms with Gasteiger partial charge in [0.1, 0.15) is 0 Å². The standard InChI is InChI=1S/C24H32N6O/c1-28(2)24(19-8-4-3-5-9-19)12-10-23(11-13-24)18-30(22(31)27-23)20-16-25-21(26-17-20)29-14-6-7-15-29/h3-5,8-9,16-17H,6-7,10-15,18H2,1-2H3,(H,27,31)/t23-,24+. The second kappa shape index (κ2) is 7.79. The number of nitrogens with one attached hydrogen (secondary N) is 1. The van der Waals surface area contributed by atoms with Crippen LogP contribution in [0.4, 0.5) is 16.4 Å². The molecule has 0 bridgehead atoms. The highest BCUT2D eigenvalue weighted by atomic mass is 16.2. The molecule has 3 heterocycles. The smallest absolute Gasteiger partial charge is 0.322 e. The molecule has 0 unspecified atom stereocenters. The van der Waals surface area contributed by atoms with Crippen LogP contribution in [0.15, 0.2) is 42.7 Å². The lowest BCUT2D eigenvalue weighted by Gasteiger charge is -2.48. The largest absolute Gasteiger partial charge is 0.341 e. The zero-order chi connectivity index (χ0) is 21.5. The number of aromatic nitrogens is 2. The predicted molar refractivity (Wildman–Crippen MR) is 122 cm³/mol. The molecule has 1 spiro atoms. The Morgan fingerprint density at radius 2 is 1.61 bits per heavy atom. The van der Waals surface area contributed by atoms with Crippen LogP contribution in [0, 0.1) is 0 Å². The molecular formula is C24H32N6O. The van der Waals surface area contributed by atoms with E-state index in [4.69, 9.17) is 0 Å². The van der Waals surface area contributed by atoms with E-state index in [1.54, 1.807) is 12.4 Å². The fraction of sp³-hybridized carbons (Fsp3) is 0.542. The summed E-state index contributed by atoms with van der Waals surface area (Å²) in [5.41, 5.74) is 1.98. The molecule has 7 heteroatoms. The van der Waals surface area contributed by atoms with Crippen molar-refractivity contribution in [2.24, 2.45) is 0 Å². The maximum Gasteiger partial charge on any atom is 0.322 e. The Labute approximate surface area is 184 Å². The van der Waals surface area contributed by atoms with Crippen molar-refractivity contribution in [2.45, 2.75) is 49.6 Å². The zero-order valence-corrected chi connectivity index (χ0v) is 18.5. The van der Waals surface area contributed by atoms with Crippen LogP contribution in [0.1, 0.15) is 44.1 Å². The number of carbonyl (C=O) groups is 1. The third-order valence-corrected chi connectivity index (χ3v) is 7.60. The normalized spacial score (nSPS) is 28.5. The van der Waals surface area contributed by atoms with E-state index in [0.29, 0.717) is 6.54 Å². The summed E-state index contributed by atoms with van der Waals surface area (Å²) in [6, 6.07) is 10.7. The Kier molecular flexibility index (Phi) is 5.08. The van der Waals surface area contributed by atoms with Gasteiger partial charge < -0.3 is 10.2 Å². The van der Waals surface area contributed by atoms with Crippen molar-refractivity contribution >= 4 is 17.7 Å². The van der Waals surface area contributed by atoms with Crippen molar-refractivity contribution in [3.05, 3.63) is 48.3 Å². The minimum Gasteiger partial charge on any atom is -0.341 e. The van der Waals surface area contributed by atoms with Crippen LogP contribution in [0.25, 0.3) is 0 Å². The Bertz CT molecular complexity index is 915. The fourth-order valence-electron chi connectivity index (χ4n) is 5.62. The number of nitrogens with zero attached hydrogens (tertiary/aromatic N) is 5. The SMILES string of the molecule is CN(C)[C@]1(c2ccccc2)CC[C@]2(CC1)CN(c1cnc(N3CCCC3)nc1)C(=O)N2. The molecule has 1 aliphatic carbocycles. The van der Waals surface area contributed by atoms with Crippen molar-refractivity contribution in [1.29, 1.82) is 0 Å². The van der Waals surface area contributed by atoms with Crippen LogP contribution >= 0.6 is 0 Å². The van der Waals surface area contributed by atoms with Crippen LogP contribution in [-0.2, 0) is 5.54 Å². The molecule has 0 radical (unpaired) electrons. The Balaban J connectivity index is 1.31. The topological polar surface area (TPSA) is 64.6 Å². The predicted octanol–water partition coefficient (Wildman–Crippen LogP) is 3.38. The van der Waals surface area contributed by atoms with Crippen molar-refractivity contribution in [3.63, 3.8) is 0 Å². The minimum absolute atomic E-state index is 0.0190. The first kappa shape index (κ1) is 20.2. The number of amides is 2. The van der Waals surface area contributed by atoms with Gasteiger partial charge in [0.15, 0.2) is 0 Å². The summed E-state index contributed by atoms with van der Waals surface area (Å²) in [6.07, 6.45) is 9.93. The van der Waals surface area contributed by atoms with Gasteiger partial charge in [0, 0.05) is 18.6 Å². The average molecular weight is 421 g/mol. The highest BCUT2D eigenvalue weighted by Crippen LogP contribution is 2.46. The summed E-state index contributed by atoms with van der Waals surface area (Å²) in [4.78, 5) is 28.4. The van der Waals surface area contributed by atoms with Gasteiger partial charge in [0.25, 0.3) is 0 Å². The summed E-state index contributed by atoms with van der Waals surface area (Å²) in [5, 5.41) is 3.32. The summed E-state index contributed by atoms with van der Waals surface area (Å²) in [6.45, 7) is 2.71. The van der Waals surface area contributed by atoms with E-state index in [1.165, 1.54) is 18.4 Å². The van der Waals surface area contributed by atoms with Crippen molar-refractivity contribution in [2.75, 3.05) is 43.5 Å². The van der Waals surface area contributed by atoms with E-state index in [0.717, 1.165) is 50.4 Å². The van der Waals surface area contributed by atoms with Gasteiger partial charge in [-0.05, 0) is 58.2 Å². The Hall–Kier alpha value is -2.67. The van der Waals surface area contributed by atoms with Crippen LogP contribution in [0.3, 0.4) is 0 Å². The molecule has 1 aromatic heterocycles. The highest BCUT2D eigenvalue weighted by molar-refractivity contribution is 5.95. The molecule has 2 aliphatic heterocycles. The Morgan fingerprint density at radius 3 is 2.23 bits per heavy atom. The van der Waals surface area contributed by atoms with Crippen LogP contribution in [-0.4, -0.2) is 60.2 Å². The molecule has 2 amide bonds. The van der Waals surface area contributed by atoms with E-state index in [-0.39, 0.29) is 17.1 Å². The van der Waals surface area contributed by atoms with Crippen LogP contribution in [0.5, 0.6) is 0 Å². The van der Waals surface area contributed by atoms with E-state index >= 15 is 0 Å². The summed E-state index contributed by atoms with van der Waals surface area (Å²) >= 11 is 0. The molecule has 3 aliphatic rings. The molecule has 164 valence electrons. The van der Waals surface area contributed by atoms with E-state index in [2.05, 4.69) is 69.5 Å². The van der Waals surface area contributed by atoms with Gasteiger partial charge in [-0.25, -0.2) is 14.8 Å². The van der Waals surface area contributed by atoms with E-state index < -0.39 is 0 Å². The highest BCUT2D eigenvalue weighted by Gasteiger charge is 2.50. The average Bonchev–Trinajstić information content (AvgIpc) is 3.44. The maximum atomic E-state index is 12.9. The molecule has 2 aromatic rings. The lowest BCUT2D eigenvalue weighted by atomic mass is 9.69. The molecule has 2 saturated heterocycles. The molecule has 31 heavy (non-hydrogen) atoms. The second-order valence-electron chi connectivity index (χ2n) is 9.52. The minimum atomic E-state index is -0.182. The maximum absolute atomic E-state index is 12.9. The first-order valence-corrected chi connectivity index (χ1v) is 11.4. The number of benzene rings is 1. The summed E-state index contributed by atoms with van der Waals surface area (Å²) in [7, 11) is 4.34. The molecule has 1 N–H and O–H groups in total. The number of urea groups is 1. The lowest BCUT2D eigenvalue weighted by Crippen LogP contribution is -2.54. The molecule has 3 fully saturated rings. The van der Waals surface area contributed by atoms with Crippen LogP contribution in [0.2, 0.25) is 0 Å².